The molecule has 114 valence electrons. The summed E-state index contributed by atoms with van der Waals surface area (Å²) in [4.78, 5) is 0. The van der Waals surface area contributed by atoms with E-state index in [1.54, 1.807) is 25.6 Å². The van der Waals surface area contributed by atoms with Crippen LogP contribution in [0.2, 0.25) is 0 Å². The van der Waals surface area contributed by atoms with Crippen molar-refractivity contribution in [3.05, 3.63) is 23.2 Å². The van der Waals surface area contributed by atoms with Crippen molar-refractivity contribution in [2.45, 2.75) is 26.3 Å². The molecular weight excluding hydrogens is 286 g/mol. The first-order valence-corrected chi connectivity index (χ1v) is 7.84. The van der Waals surface area contributed by atoms with Gasteiger partial charge in [-0.1, -0.05) is 25.2 Å². The van der Waals surface area contributed by atoms with E-state index in [1.807, 2.05) is 18.2 Å². The fourth-order valence-electron chi connectivity index (χ4n) is 2.11. The molecule has 0 aliphatic heterocycles. The number of hydrogen-bond donors (Lipinski definition) is 1. The number of benzene rings is 1. The molecule has 2 aromatic rings. The number of methoxy groups -OCH3 is 2. The maximum Gasteiger partial charge on any atom is 0.161 e. The molecule has 0 aliphatic rings. The highest BCUT2D eigenvalue weighted by Gasteiger charge is 2.15. The molecule has 1 aromatic carbocycles. The lowest BCUT2D eigenvalue weighted by molar-refractivity contribution is 0.355. The van der Waals surface area contributed by atoms with Gasteiger partial charge in [-0.25, -0.2) is 0 Å². The molecular formula is C15H21N3O2S. The topological polar surface area (TPSA) is 56.3 Å². The van der Waals surface area contributed by atoms with Gasteiger partial charge in [0.2, 0.25) is 0 Å². The zero-order valence-electron chi connectivity index (χ0n) is 12.8. The van der Waals surface area contributed by atoms with Crippen molar-refractivity contribution in [1.29, 1.82) is 0 Å². The Labute approximate surface area is 129 Å². The monoisotopic (exact) mass is 307 g/mol. The van der Waals surface area contributed by atoms with E-state index in [-0.39, 0.29) is 6.04 Å². The second-order valence-corrected chi connectivity index (χ2v) is 5.54. The third-order valence-corrected chi connectivity index (χ3v) is 4.31. The predicted molar refractivity (Wildman–Crippen MR) is 85.2 cm³/mol. The number of hydrogen-bond acceptors (Lipinski definition) is 6. The van der Waals surface area contributed by atoms with Gasteiger partial charge in [-0.3, -0.25) is 0 Å². The van der Waals surface area contributed by atoms with Gasteiger partial charge in [0.15, 0.2) is 11.5 Å². The van der Waals surface area contributed by atoms with Crippen LogP contribution in [0.3, 0.4) is 0 Å². The molecule has 0 saturated carbocycles. The molecule has 6 heteroatoms. The van der Waals surface area contributed by atoms with Crippen LogP contribution in [0.4, 0.5) is 0 Å². The van der Waals surface area contributed by atoms with Crippen LogP contribution in [0.15, 0.2) is 18.2 Å². The van der Waals surface area contributed by atoms with E-state index in [0.29, 0.717) is 11.5 Å². The first kappa shape index (κ1) is 15.7. The first-order chi connectivity index (χ1) is 10.2. The van der Waals surface area contributed by atoms with Crippen molar-refractivity contribution in [3.63, 3.8) is 0 Å². The molecule has 0 fully saturated rings. The molecule has 1 atom stereocenters. The largest absolute Gasteiger partial charge is 0.493 e. The van der Waals surface area contributed by atoms with E-state index in [9.17, 15) is 0 Å². The smallest absolute Gasteiger partial charge is 0.161 e. The molecule has 21 heavy (non-hydrogen) atoms. The molecule has 1 unspecified atom stereocenters. The summed E-state index contributed by atoms with van der Waals surface area (Å²) in [7, 11) is 3.26. The van der Waals surface area contributed by atoms with Crippen molar-refractivity contribution in [3.8, 4) is 22.1 Å². The van der Waals surface area contributed by atoms with Crippen LogP contribution in [-0.2, 0) is 0 Å². The van der Waals surface area contributed by atoms with Crippen molar-refractivity contribution in [2.75, 3.05) is 20.8 Å². The highest BCUT2D eigenvalue weighted by Crippen LogP contribution is 2.34. The minimum absolute atomic E-state index is 0.265. The molecule has 1 heterocycles. The molecule has 2 rings (SSSR count). The summed E-state index contributed by atoms with van der Waals surface area (Å²) in [6.45, 7) is 5.16. The van der Waals surface area contributed by atoms with Gasteiger partial charge >= 0.3 is 0 Å². The van der Waals surface area contributed by atoms with Crippen LogP contribution in [-0.4, -0.2) is 31.0 Å². The average molecular weight is 307 g/mol. The van der Waals surface area contributed by atoms with Gasteiger partial charge in [-0.2, -0.15) is 0 Å². The van der Waals surface area contributed by atoms with Gasteiger partial charge in [0.1, 0.15) is 10.0 Å². The number of ether oxygens (including phenoxy) is 2. The van der Waals surface area contributed by atoms with Crippen molar-refractivity contribution < 1.29 is 9.47 Å². The standard InChI is InChI=1S/C15H21N3O2S/c1-5-11(16-6-2)15-18-17-14(21-15)10-7-8-12(19-3)13(9-10)20-4/h7-9,11,16H,5-6H2,1-4H3. The second-order valence-electron chi connectivity index (χ2n) is 4.53. The highest BCUT2D eigenvalue weighted by molar-refractivity contribution is 7.14. The van der Waals surface area contributed by atoms with Crippen LogP contribution >= 0.6 is 11.3 Å². The summed E-state index contributed by atoms with van der Waals surface area (Å²) in [5.74, 6) is 1.41. The summed E-state index contributed by atoms with van der Waals surface area (Å²) in [6, 6.07) is 6.05. The fraction of sp³-hybridized carbons (Fsp3) is 0.467. The Bertz CT molecular complexity index is 586. The van der Waals surface area contributed by atoms with Crippen molar-refractivity contribution in [2.24, 2.45) is 0 Å². The van der Waals surface area contributed by atoms with E-state index in [1.165, 1.54) is 0 Å². The molecule has 0 amide bonds. The van der Waals surface area contributed by atoms with Gasteiger partial charge in [0, 0.05) is 5.56 Å². The van der Waals surface area contributed by atoms with E-state index in [4.69, 9.17) is 9.47 Å². The van der Waals surface area contributed by atoms with Crippen molar-refractivity contribution >= 4 is 11.3 Å². The van der Waals surface area contributed by atoms with Crippen LogP contribution in [0.25, 0.3) is 10.6 Å². The van der Waals surface area contributed by atoms with E-state index in [0.717, 1.165) is 28.5 Å². The quantitative estimate of drug-likeness (QED) is 0.850. The van der Waals surface area contributed by atoms with Gasteiger partial charge in [-0.05, 0) is 31.2 Å². The van der Waals surface area contributed by atoms with Crippen LogP contribution in [0.5, 0.6) is 11.5 Å². The lowest BCUT2D eigenvalue weighted by atomic mass is 10.2. The Morgan fingerprint density at radius 2 is 1.90 bits per heavy atom. The first-order valence-electron chi connectivity index (χ1n) is 7.02. The van der Waals surface area contributed by atoms with Gasteiger partial charge in [-0.15, -0.1) is 10.2 Å². The second kappa shape index (κ2) is 7.38. The molecule has 0 saturated heterocycles. The summed E-state index contributed by atoms with van der Waals surface area (Å²) in [5.41, 5.74) is 0.989. The Hall–Kier alpha value is -1.66. The van der Waals surface area contributed by atoms with E-state index < -0.39 is 0 Å². The minimum atomic E-state index is 0.265. The average Bonchev–Trinajstić information content (AvgIpc) is 3.01. The molecule has 0 spiro atoms. The number of rotatable bonds is 7. The highest BCUT2D eigenvalue weighted by atomic mass is 32.1. The maximum atomic E-state index is 5.33. The summed E-state index contributed by atoms with van der Waals surface area (Å²) < 4.78 is 10.6. The van der Waals surface area contributed by atoms with Crippen LogP contribution < -0.4 is 14.8 Å². The van der Waals surface area contributed by atoms with Gasteiger partial charge in [0.25, 0.3) is 0 Å². The Kier molecular flexibility index (Phi) is 5.52. The lowest BCUT2D eigenvalue weighted by Gasteiger charge is -2.11. The van der Waals surface area contributed by atoms with Gasteiger partial charge in [0.05, 0.1) is 20.3 Å². The Balaban J connectivity index is 2.28. The van der Waals surface area contributed by atoms with Crippen molar-refractivity contribution in [1.82, 2.24) is 15.5 Å². The lowest BCUT2D eigenvalue weighted by Crippen LogP contribution is -2.19. The molecule has 5 nitrogen and oxygen atoms in total. The molecule has 0 radical (unpaired) electrons. The molecule has 1 N–H and O–H groups in total. The van der Waals surface area contributed by atoms with E-state index >= 15 is 0 Å². The number of nitrogens with one attached hydrogen (secondary N) is 1. The van der Waals surface area contributed by atoms with Crippen LogP contribution in [0.1, 0.15) is 31.3 Å². The Morgan fingerprint density at radius 3 is 2.52 bits per heavy atom. The maximum absolute atomic E-state index is 5.33. The minimum Gasteiger partial charge on any atom is -0.493 e. The molecule has 0 bridgehead atoms. The zero-order valence-corrected chi connectivity index (χ0v) is 13.7. The molecule has 0 aliphatic carbocycles. The fourth-order valence-corrected chi connectivity index (χ4v) is 3.11. The van der Waals surface area contributed by atoms with Crippen LogP contribution in [0, 0.1) is 0 Å². The molecule has 1 aromatic heterocycles. The zero-order chi connectivity index (χ0) is 15.2. The number of nitrogens with zero attached hydrogens (tertiary/aromatic N) is 2. The van der Waals surface area contributed by atoms with E-state index in [2.05, 4.69) is 29.4 Å². The summed E-state index contributed by atoms with van der Waals surface area (Å²) >= 11 is 1.61. The Morgan fingerprint density at radius 1 is 1.14 bits per heavy atom. The predicted octanol–water partition coefficient (Wildman–Crippen LogP) is 3.28. The normalized spacial score (nSPS) is 12.2. The summed E-state index contributed by atoms with van der Waals surface area (Å²) in [5, 5.41) is 13.9. The third-order valence-electron chi connectivity index (χ3n) is 3.23. The SMILES string of the molecule is CCNC(CC)c1nnc(-c2ccc(OC)c(OC)c2)s1. The van der Waals surface area contributed by atoms with Gasteiger partial charge < -0.3 is 14.8 Å². The number of aromatic nitrogens is 2. The summed E-state index contributed by atoms with van der Waals surface area (Å²) in [6.07, 6.45) is 0.994. The third kappa shape index (κ3) is 3.51.